The van der Waals surface area contributed by atoms with Gasteiger partial charge >= 0.3 is 0 Å². The zero-order valence-corrected chi connectivity index (χ0v) is 21.1. The Kier molecular flexibility index (Phi) is 7.10. The molecule has 4 aromatic rings. The second-order valence-corrected chi connectivity index (χ2v) is 9.71. The van der Waals surface area contributed by atoms with E-state index in [1.807, 2.05) is 109 Å². The molecule has 0 spiro atoms. The molecule has 0 radical (unpaired) electrons. The van der Waals surface area contributed by atoms with Crippen molar-refractivity contribution in [2.45, 2.75) is 18.9 Å². The third-order valence-corrected chi connectivity index (χ3v) is 7.27. The number of aryl methyl sites for hydroxylation is 1. The molecule has 1 fully saturated rings. The van der Waals surface area contributed by atoms with Crippen molar-refractivity contribution < 1.29 is 14.3 Å². The van der Waals surface area contributed by atoms with Crippen LogP contribution in [0.25, 0.3) is 6.08 Å². The van der Waals surface area contributed by atoms with E-state index in [-0.39, 0.29) is 11.3 Å². The summed E-state index contributed by atoms with van der Waals surface area (Å²) in [4.78, 5) is 16.2. The Balaban J connectivity index is 1.43. The second kappa shape index (κ2) is 10.8. The average Bonchev–Trinajstić information content (AvgIpc) is 3.25. The molecule has 0 bridgehead atoms. The molecule has 1 unspecified atom stereocenters. The molecular weight excluding hydrogens is 466 g/mol. The van der Waals surface area contributed by atoms with E-state index in [0.717, 1.165) is 27.9 Å². The van der Waals surface area contributed by atoms with Crippen LogP contribution in [0.15, 0.2) is 108 Å². The minimum Gasteiger partial charge on any atom is -0.493 e. The standard InChI is InChI=1S/C31H27NO3S/c1-22-13-16-26(17-14-22)32-30(33)29(36-31(32)25-11-7-4-8-12-25)20-24-15-18-27(28(19-24)34-2)35-21-23-9-5-3-6-10-23/h3-20,31H,21H2,1-2H3. The van der Waals surface area contributed by atoms with E-state index in [9.17, 15) is 4.79 Å². The van der Waals surface area contributed by atoms with Crippen LogP contribution in [0.3, 0.4) is 0 Å². The predicted octanol–water partition coefficient (Wildman–Crippen LogP) is 7.40. The first kappa shape index (κ1) is 23.8. The van der Waals surface area contributed by atoms with Gasteiger partial charge in [-0.1, -0.05) is 96.2 Å². The highest BCUT2D eigenvalue weighted by Gasteiger charge is 2.38. The van der Waals surface area contributed by atoms with Gasteiger partial charge in [-0.05, 0) is 54.0 Å². The third kappa shape index (κ3) is 5.16. The lowest BCUT2D eigenvalue weighted by Gasteiger charge is -2.23. The van der Waals surface area contributed by atoms with Crippen LogP contribution >= 0.6 is 11.8 Å². The van der Waals surface area contributed by atoms with Gasteiger partial charge in [0.1, 0.15) is 12.0 Å². The zero-order valence-electron chi connectivity index (χ0n) is 20.3. The lowest BCUT2D eigenvalue weighted by atomic mass is 10.1. The van der Waals surface area contributed by atoms with Gasteiger partial charge in [-0.25, -0.2) is 0 Å². The van der Waals surface area contributed by atoms with E-state index in [2.05, 4.69) is 12.1 Å². The van der Waals surface area contributed by atoms with Crippen LogP contribution < -0.4 is 14.4 Å². The first-order valence-electron chi connectivity index (χ1n) is 11.8. The third-order valence-electron chi connectivity index (χ3n) is 6.02. The maximum Gasteiger partial charge on any atom is 0.266 e. The lowest BCUT2D eigenvalue weighted by molar-refractivity contribution is -0.114. The summed E-state index contributed by atoms with van der Waals surface area (Å²) in [6.45, 7) is 2.50. The number of hydrogen-bond donors (Lipinski definition) is 0. The Labute approximate surface area is 216 Å². The highest BCUT2D eigenvalue weighted by atomic mass is 32.2. The largest absolute Gasteiger partial charge is 0.493 e. The molecular formula is C31H27NO3S. The molecule has 0 aliphatic carbocycles. The highest BCUT2D eigenvalue weighted by molar-refractivity contribution is 8.05. The van der Waals surface area contributed by atoms with Crippen molar-refractivity contribution in [1.82, 2.24) is 0 Å². The van der Waals surface area contributed by atoms with Crippen LogP contribution in [0.2, 0.25) is 0 Å². The lowest BCUT2D eigenvalue weighted by Crippen LogP contribution is -2.27. The number of nitrogens with zero attached hydrogens (tertiary/aromatic N) is 1. The maximum absolute atomic E-state index is 13.6. The highest BCUT2D eigenvalue weighted by Crippen LogP contribution is 2.48. The summed E-state index contributed by atoms with van der Waals surface area (Å²) in [7, 11) is 1.63. The summed E-state index contributed by atoms with van der Waals surface area (Å²) in [5.74, 6) is 1.28. The number of amides is 1. The number of rotatable bonds is 7. The second-order valence-electron chi connectivity index (χ2n) is 8.58. The maximum atomic E-state index is 13.6. The van der Waals surface area contributed by atoms with Gasteiger partial charge in [0, 0.05) is 5.69 Å². The van der Waals surface area contributed by atoms with Gasteiger partial charge < -0.3 is 9.47 Å². The van der Waals surface area contributed by atoms with Crippen LogP contribution in [0, 0.1) is 6.92 Å². The summed E-state index contributed by atoms with van der Waals surface area (Å²) in [6, 6.07) is 34.0. The Morgan fingerprint density at radius 3 is 2.25 bits per heavy atom. The van der Waals surface area contributed by atoms with E-state index in [1.54, 1.807) is 18.9 Å². The van der Waals surface area contributed by atoms with Gasteiger partial charge in [0.2, 0.25) is 0 Å². The minimum absolute atomic E-state index is 0.0129. The number of ether oxygens (including phenoxy) is 2. The van der Waals surface area contributed by atoms with Crippen LogP contribution in [0.1, 0.15) is 27.6 Å². The fraction of sp³-hybridized carbons (Fsp3) is 0.129. The number of thioether (sulfide) groups is 1. The number of carbonyl (C=O) groups excluding carboxylic acids is 1. The summed E-state index contributed by atoms with van der Waals surface area (Å²) in [5, 5.41) is -0.136. The van der Waals surface area contributed by atoms with Crippen molar-refractivity contribution in [2.24, 2.45) is 0 Å². The van der Waals surface area contributed by atoms with E-state index in [4.69, 9.17) is 9.47 Å². The summed E-state index contributed by atoms with van der Waals surface area (Å²) >= 11 is 1.56. The van der Waals surface area contributed by atoms with Gasteiger partial charge in [0.15, 0.2) is 11.5 Å². The molecule has 180 valence electrons. The van der Waals surface area contributed by atoms with Gasteiger partial charge in [-0.2, -0.15) is 0 Å². The molecule has 5 rings (SSSR count). The SMILES string of the molecule is COc1cc(C=C2SC(c3ccccc3)N(c3ccc(C)cc3)C2=O)ccc1OCc1ccccc1. The van der Waals surface area contributed by atoms with Crippen LogP contribution in [-0.2, 0) is 11.4 Å². The van der Waals surface area contributed by atoms with Gasteiger partial charge in [-0.3, -0.25) is 9.69 Å². The minimum atomic E-state index is -0.136. The first-order valence-corrected chi connectivity index (χ1v) is 12.7. The normalized spacial score (nSPS) is 16.4. The van der Waals surface area contributed by atoms with Crippen molar-refractivity contribution in [3.05, 3.63) is 130 Å². The van der Waals surface area contributed by atoms with E-state index in [1.165, 1.54) is 0 Å². The topological polar surface area (TPSA) is 38.8 Å². The summed E-state index contributed by atoms with van der Waals surface area (Å²) < 4.78 is 11.6. The monoisotopic (exact) mass is 493 g/mol. The van der Waals surface area contributed by atoms with Crippen LogP contribution in [0.5, 0.6) is 11.5 Å². The van der Waals surface area contributed by atoms with E-state index in [0.29, 0.717) is 23.0 Å². The fourth-order valence-corrected chi connectivity index (χ4v) is 5.38. The number of methoxy groups -OCH3 is 1. The molecule has 1 aliphatic heterocycles. The van der Waals surface area contributed by atoms with Crippen molar-refractivity contribution in [3.63, 3.8) is 0 Å². The molecule has 5 heteroatoms. The van der Waals surface area contributed by atoms with Crippen molar-refractivity contribution in [3.8, 4) is 11.5 Å². The average molecular weight is 494 g/mol. The Morgan fingerprint density at radius 2 is 1.56 bits per heavy atom. The molecule has 1 amide bonds. The number of hydrogen-bond acceptors (Lipinski definition) is 4. The molecule has 4 aromatic carbocycles. The molecule has 0 N–H and O–H groups in total. The molecule has 1 heterocycles. The van der Waals surface area contributed by atoms with Crippen LogP contribution in [-0.4, -0.2) is 13.0 Å². The summed E-state index contributed by atoms with van der Waals surface area (Å²) in [5.41, 5.74) is 5.10. The Bertz CT molecular complexity index is 1370. The molecule has 1 saturated heterocycles. The predicted molar refractivity (Wildman–Crippen MR) is 147 cm³/mol. The molecule has 1 atom stereocenters. The van der Waals surface area contributed by atoms with Gasteiger partial charge in [0.25, 0.3) is 5.91 Å². The van der Waals surface area contributed by atoms with Crippen molar-refractivity contribution in [2.75, 3.05) is 12.0 Å². The van der Waals surface area contributed by atoms with Crippen molar-refractivity contribution in [1.29, 1.82) is 0 Å². The smallest absolute Gasteiger partial charge is 0.266 e. The Hall–Kier alpha value is -3.96. The van der Waals surface area contributed by atoms with E-state index < -0.39 is 0 Å². The fourth-order valence-electron chi connectivity index (χ4n) is 4.12. The molecule has 36 heavy (non-hydrogen) atoms. The van der Waals surface area contributed by atoms with Gasteiger partial charge in [0.05, 0.1) is 12.0 Å². The Morgan fingerprint density at radius 1 is 0.861 bits per heavy atom. The van der Waals surface area contributed by atoms with E-state index >= 15 is 0 Å². The number of carbonyl (C=O) groups is 1. The first-order chi connectivity index (χ1) is 17.6. The summed E-state index contributed by atoms with van der Waals surface area (Å²) in [6.07, 6.45) is 1.93. The molecule has 0 aromatic heterocycles. The quantitative estimate of drug-likeness (QED) is 0.251. The van der Waals surface area contributed by atoms with Gasteiger partial charge in [-0.15, -0.1) is 0 Å². The number of benzene rings is 4. The van der Waals surface area contributed by atoms with Crippen molar-refractivity contribution >= 4 is 29.4 Å². The molecule has 1 aliphatic rings. The molecule has 0 saturated carbocycles. The number of anilines is 1. The molecule has 4 nitrogen and oxygen atoms in total. The zero-order chi connectivity index (χ0) is 24.9. The van der Waals surface area contributed by atoms with Crippen LogP contribution in [0.4, 0.5) is 5.69 Å².